The molecule has 1 N–H and O–H groups in total. The van der Waals surface area contributed by atoms with Crippen molar-refractivity contribution in [1.29, 1.82) is 0 Å². The third-order valence-electron chi connectivity index (χ3n) is 5.34. The van der Waals surface area contributed by atoms with Crippen LogP contribution in [0.25, 0.3) is 0 Å². The number of likely N-dealkylation sites (N-methyl/N-ethyl adjacent to an activating group) is 1. The van der Waals surface area contributed by atoms with Gasteiger partial charge in [-0.15, -0.1) is 0 Å². The summed E-state index contributed by atoms with van der Waals surface area (Å²) in [4.78, 5) is 0. The Bertz CT molecular complexity index is 478. The van der Waals surface area contributed by atoms with Crippen LogP contribution in [0.1, 0.15) is 38.2 Å². The number of hydrogen-bond donors (Lipinski definition) is 1. The van der Waals surface area contributed by atoms with Crippen molar-refractivity contribution in [1.82, 2.24) is 5.32 Å². The van der Waals surface area contributed by atoms with Gasteiger partial charge < -0.3 is 10.1 Å². The Kier molecular flexibility index (Phi) is 4.75. The highest BCUT2D eigenvalue weighted by Crippen LogP contribution is 2.57. The number of nitrogens with one attached hydrogen (secondary N) is 1. The molecule has 3 heteroatoms. The van der Waals surface area contributed by atoms with Crippen molar-refractivity contribution in [3.8, 4) is 5.75 Å². The highest BCUT2D eigenvalue weighted by Gasteiger charge is 2.53. The summed E-state index contributed by atoms with van der Waals surface area (Å²) >= 11 is 6.18. The summed E-state index contributed by atoms with van der Waals surface area (Å²) < 4.78 is 5.51. The van der Waals surface area contributed by atoms with Crippen LogP contribution in [0.2, 0.25) is 5.02 Å². The van der Waals surface area contributed by atoms with Crippen LogP contribution in [0.4, 0.5) is 0 Å². The molecule has 116 valence electrons. The normalized spacial score (nSPS) is 28.8. The first kappa shape index (κ1) is 15.2. The number of methoxy groups -OCH3 is 1. The summed E-state index contributed by atoms with van der Waals surface area (Å²) in [5, 5.41) is 4.52. The molecular weight excluding hydrogens is 282 g/mol. The van der Waals surface area contributed by atoms with Gasteiger partial charge in [0.25, 0.3) is 0 Å². The zero-order chi connectivity index (χ0) is 14.8. The lowest BCUT2D eigenvalue weighted by atomic mass is 9.99. The van der Waals surface area contributed by atoms with E-state index < -0.39 is 0 Å². The van der Waals surface area contributed by atoms with E-state index in [4.69, 9.17) is 16.3 Å². The van der Waals surface area contributed by atoms with Crippen molar-refractivity contribution in [3.63, 3.8) is 0 Å². The van der Waals surface area contributed by atoms with Crippen LogP contribution in [0.3, 0.4) is 0 Å². The first-order valence-corrected chi connectivity index (χ1v) is 8.68. The van der Waals surface area contributed by atoms with Crippen molar-refractivity contribution in [3.05, 3.63) is 28.8 Å². The van der Waals surface area contributed by atoms with E-state index in [0.29, 0.717) is 6.04 Å². The molecule has 0 aromatic heterocycles. The Labute approximate surface area is 133 Å². The predicted molar refractivity (Wildman–Crippen MR) is 88.1 cm³/mol. The molecule has 0 saturated heterocycles. The van der Waals surface area contributed by atoms with Gasteiger partial charge in [-0.25, -0.2) is 0 Å². The maximum atomic E-state index is 6.18. The predicted octanol–water partition coefficient (Wildman–Crippen LogP) is 4.31. The molecule has 1 aromatic carbocycles. The van der Waals surface area contributed by atoms with E-state index in [1.54, 1.807) is 7.11 Å². The average molecular weight is 308 g/mol. The van der Waals surface area contributed by atoms with E-state index in [1.807, 2.05) is 12.1 Å². The summed E-state index contributed by atoms with van der Waals surface area (Å²) in [5.74, 6) is 3.75. The van der Waals surface area contributed by atoms with Crippen molar-refractivity contribution < 1.29 is 4.74 Å². The number of hydrogen-bond acceptors (Lipinski definition) is 2. The van der Waals surface area contributed by atoms with Crippen molar-refractivity contribution in [2.45, 2.75) is 45.1 Å². The van der Waals surface area contributed by atoms with Gasteiger partial charge in [-0.05, 0) is 67.3 Å². The summed E-state index contributed by atoms with van der Waals surface area (Å²) in [6, 6.07) is 6.52. The number of ether oxygens (including phenoxy) is 1. The number of rotatable bonds is 6. The Balaban J connectivity index is 1.75. The van der Waals surface area contributed by atoms with Gasteiger partial charge in [-0.3, -0.25) is 0 Å². The van der Waals surface area contributed by atoms with Crippen LogP contribution in [-0.4, -0.2) is 19.7 Å². The van der Waals surface area contributed by atoms with Gasteiger partial charge >= 0.3 is 0 Å². The zero-order valence-corrected chi connectivity index (χ0v) is 13.8. The minimum Gasteiger partial charge on any atom is -0.496 e. The van der Waals surface area contributed by atoms with E-state index in [2.05, 4.69) is 18.3 Å². The molecule has 2 nitrogen and oxygen atoms in total. The lowest BCUT2D eigenvalue weighted by Crippen LogP contribution is -2.34. The largest absolute Gasteiger partial charge is 0.496 e. The molecule has 2 aliphatic rings. The molecular formula is C18H26ClNO. The van der Waals surface area contributed by atoms with Gasteiger partial charge in [-0.1, -0.05) is 31.4 Å². The van der Waals surface area contributed by atoms with Crippen molar-refractivity contribution in [2.24, 2.45) is 17.8 Å². The summed E-state index contributed by atoms with van der Waals surface area (Å²) in [7, 11) is 1.74. The van der Waals surface area contributed by atoms with Gasteiger partial charge in [0.1, 0.15) is 5.75 Å². The average Bonchev–Trinajstić information content (AvgIpc) is 3.21. The molecule has 2 aliphatic carbocycles. The van der Waals surface area contributed by atoms with E-state index in [0.717, 1.165) is 41.5 Å². The fraction of sp³-hybridized carbons (Fsp3) is 0.667. The Morgan fingerprint density at radius 1 is 1.29 bits per heavy atom. The van der Waals surface area contributed by atoms with E-state index in [-0.39, 0.29) is 0 Å². The van der Waals surface area contributed by atoms with Crippen LogP contribution < -0.4 is 10.1 Å². The first-order chi connectivity index (χ1) is 10.2. The van der Waals surface area contributed by atoms with Crippen LogP contribution in [0.15, 0.2) is 18.2 Å². The molecule has 0 heterocycles. The quantitative estimate of drug-likeness (QED) is 0.846. The van der Waals surface area contributed by atoms with Crippen molar-refractivity contribution in [2.75, 3.05) is 13.7 Å². The summed E-state index contributed by atoms with van der Waals surface area (Å²) in [6.45, 7) is 3.23. The SMILES string of the molecule is CCNC(Cc1cc(Cl)ccc1OC)C1C2CCCCC21. The zero-order valence-electron chi connectivity index (χ0n) is 13.1. The monoisotopic (exact) mass is 307 g/mol. The fourth-order valence-corrected chi connectivity index (χ4v) is 4.59. The maximum Gasteiger partial charge on any atom is 0.122 e. The second kappa shape index (κ2) is 6.58. The number of fused-ring (bicyclic) bond motifs is 1. The summed E-state index contributed by atoms with van der Waals surface area (Å²) in [5.41, 5.74) is 1.24. The maximum absolute atomic E-state index is 6.18. The van der Waals surface area contributed by atoms with Gasteiger partial charge in [0.15, 0.2) is 0 Å². The highest BCUT2D eigenvalue weighted by molar-refractivity contribution is 6.30. The molecule has 1 aromatic rings. The standard InChI is InChI=1S/C18H26ClNO/c1-3-20-16(18-14-6-4-5-7-15(14)18)11-12-10-13(19)8-9-17(12)21-2/h8-10,14-16,18,20H,3-7,11H2,1-2H3. The molecule has 0 spiro atoms. The van der Waals surface area contributed by atoms with E-state index in [9.17, 15) is 0 Å². The lowest BCUT2D eigenvalue weighted by Gasteiger charge is -2.20. The highest BCUT2D eigenvalue weighted by atomic mass is 35.5. The molecule has 2 saturated carbocycles. The van der Waals surface area contributed by atoms with Gasteiger partial charge in [0.2, 0.25) is 0 Å². The molecule has 21 heavy (non-hydrogen) atoms. The Morgan fingerprint density at radius 2 is 2.00 bits per heavy atom. The molecule has 0 radical (unpaired) electrons. The smallest absolute Gasteiger partial charge is 0.122 e. The van der Waals surface area contributed by atoms with Crippen LogP contribution >= 0.6 is 11.6 Å². The molecule has 3 rings (SSSR count). The minimum atomic E-state index is 0.565. The van der Waals surface area contributed by atoms with Crippen LogP contribution in [0.5, 0.6) is 5.75 Å². The van der Waals surface area contributed by atoms with E-state index >= 15 is 0 Å². The molecule has 3 unspecified atom stereocenters. The van der Waals surface area contributed by atoms with Crippen molar-refractivity contribution >= 4 is 11.6 Å². The van der Waals surface area contributed by atoms with Crippen LogP contribution in [0, 0.1) is 17.8 Å². The second-order valence-electron chi connectivity index (χ2n) is 6.51. The van der Waals surface area contributed by atoms with Gasteiger partial charge in [-0.2, -0.15) is 0 Å². The molecule has 0 aliphatic heterocycles. The topological polar surface area (TPSA) is 21.3 Å². The van der Waals surface area contributed by atoms with Gasteiger partial charge in [0, 0.05) is 11.1 Å². The molecule has 0 amide bonds. The second-order valence-corrected chi connectivity index (χ2v) is 6.95. The first-order valence-electron chi connectivity index (χ1n) is 8.30. The molecule has 2 fully saturated rings. The van der Waals surface area contributed by atoms with Gasteiger partial charge in [0.05, 0.1) is 7.11 Å². The number of halogens is 1. The van der Waals surface area contributed by atoms with E-state index in [1.165, 1.54) is 31.2 Å². The Morgan fingerprint density at radius 3 is 2.62 bits per heavy atom. The molecule has 0 bridgehead atoms. The number of benzene rings is 1. The van der Waals surface area contributed by atoms with Crippen LogP contribution in [-0.2, 0) is 6.42 Å². The third kappa shape index (κ3) is 3.22. The summed E-state index contributed by atoms with van der Waals surface area (Å²) in [6.07, 6.45) is 6.75. The fourth-order valence-electron chi connectivity index (χ4n) is 4.39. The Hall–Kier alpha value is -0.730. The molecule has 3 atom stereocenters. The minimum absolute atomic E-state index is 0.565. The lowest BCUT2D eigenvalue weighted by molar-refractivity contribution is 0.395. The third-order valence-corrected chi connectivity index (χ3v) is 5.57.